The predicted octanol–water partition coefficient (Wildman–Crippen LogP) is 2.49. The van der Waals surface area contributed by atoms with Crippen LogP contribution < -0.4 is 5.32 Å². The lowest BCUT2D eigenvalue weighted by atomic mass is 10.1. The van der Waals surface area contributed by atoms with Gasteiger partial charge in [-0.05, 0) is 13.3 Å². The molecule has 17 heavy (non-hydrogen) atoms. The minimum absolute atomic E-state index is 0.305. The van der Waals surface area contributed by atoms with Gasteiger partial charge in [0.25, 0.3) is 0 Å². The smallest absolute Gasteiger partial charge is 0.326 e. The zero-order valence-electron chi connectivity index (χ0n) is 9.90. The van der Waals surface area contributed by atoms with Crippen LogP contribution in [0.1, 0.15) is 32.0 Å². The van der Waals surface area contributed by atoms with Gasteiger partial charge in [-0.3, -0.25) is 0 Å². The van der Waals surface area contributed by atoms with Gasteiger partial charge in [-0.1, -0.05) is 31.4 Å². The van der Waals surface area contributed by atoms with Crippen molar-refractivity contribution in [3.8, 4) is 0 Å². The van der Waals surface area contributed by atoms with Gasteiger partial charge >= 0.3 is 5.97 Å². The first kappa shape index (κ1) is 13.7. The Morgan fingerprint density at radius 2 is 2.29 bits per heavy atom. The maximum Gasteiger partial charge on any atom is 0.326 e. The molecule has 1 rings (SSSR count). The molecule has 0 aliphatic heterocycles. The molecule has 0 aliphatic rings. The quantitative estimate of drug-likeness (QED) is 0.766. The molecular formula is C11H16ClN3O2. The number of carbonyl (C=O) groups is 1. The number of aryl methyl sites for hydroxylation is 1. The van der Waals surface area contributed by atoms with E-state index in [4.69, 9.17) is 16.7 Å². The zero-order valence-corrected chi connectivity index (χ0v) is 10.7. The van der Waals surface area contributed by atoms with Gasteiger partial charge in [-0.15, -0.1) is 0 Å². The Balaban J connectivity index is 2.74. The average Bonchev–Trinajstić information content (AvgIpc) is 2.22. The van der Waals surface area contributed by atoms with E-state index in [-0.39, 0.29) is 0 Å². The van der Waals surface area contributed by atoms with E-state index in [1.165, 1.54) is 6.07 Å². The first-order valence-electron chi connectivity index (χ1n) is 5.53. The Labute approximate surface area is 105 Å². The summed E-state index contributed by atoms with van der Waals surface area (Å²) in [5.41, 5.74) is 0. The van der Waals surface area contributed by atoms with E-state index in [0.717, 1.165) is 12.8 Å². The molecule has 0 saturated heterocycles. The number of aromatic nitrogens is 2. The van der Waals surface area contributed by atoms with E-state index in [1.54, 1.807) is 6.92 Å². The fraction of sp³-hybridized carbons (Fsp3) is 0.545. The van der Waals surface area contributed by atoms with Gasteiger partial charge in [0.15, 0.2) is 0 Å². The highest BCUT2D eigenvalue weighted by Gasteiger charge is 2.17. The number of unbranched alkanes of at least 4 members (excludes halogenated alkanes) is 1. The van der Waals surface area contributed by atoms with Gasteiger partial charge < -0.3 is 10.4 Å². The van der Waals surface area contributed by atoms with E-state index < -0.39 is 12.0 Å². The van der Waals surface area contributed by atoms with Crippen molar-refractivity contribution in [3.05, 3.63) is 17.0 Å². The molecule has 2 N–H and O–H groups in total. The maximum atomic E-state index is 11.0. The van der Waals surface area contributed by atoms with E-state index in [1.807, 2.05) is 6.92 Å². The normalized spacial score (nSPS) is 12.2. The topological polar surface area (TPSA) is 75.1 Å². The number of rotatable bonds is 6. The lowest BCUT2D eigenvalue weighted by Gasteiger charge is -2.14. The largest absolute Gasteiger partial charge is 0.480 e. The lowest BCUT2D eigenvalue weighted by molar-refractivity contribution is -0.138. The minimum atomic E-state index is -0.883. The Kier molecular flexibility index (Phi) is 5.15. The molecule has 1 atom stereocenters. The van der Waals surface area contributed by atoms with Crippen LogP contribution in [0.5, 0.6) is 0 Å². The average molecular weight is 258 g/mol. The van der Waals surface area contributed by atoms with Crippen molar-refractivity contribution >= 4 is 23.4 Å². The number of anilines is 1. The summed E-state index contributed by atoms with van der Waals surface area (Å²) in [4.78, 5) is 19.1. The summed E-state index contributed by atoms with van der Waals surface area (Å²) in [6, 6.07) is 0.886. The first-order chi connectivity index (χ1) is 8.02. The number of halogens is 1. The van der Waals surface area contributed by atoms with E-state index >= 15 is 0 Å². The van der Waals surface area contributed by atoms with E-state index in [0.29, 0.717) is 23.2 Å². The molecule has 0 saturated carbocycles. The second-order valence-electron chi connectivity index (χ2n) is 3.80. The molecular weight excluding hydrogens is 242 g/mol. The Morgan fingerprint density at radius 1 is 1.59 bits per heavy atom. The molecule has 1 aromatic heterocycles. The van der Waals surface area contributed by atoms with Gasteiger partial charge in [-0.25, -0.2) is 14.8 Å². The summed E-state index contributed by atoms with van der Waals surface area (Å²) in [7, 11) is 0. The van der Waals surface area contributed by atoms with Crippen LogP contribution in [-0.2, 0) is 4.79 Å². The van der Waals surface area contributed by atoms with Crippen molar-refractivity contribution in [1.82, 2.24) is 9.97 Å². The summed E-state index contributed by atoms with van der Waals surface area (Å²) in [5, 5.41) is 12.2. The van der Waals surface area contributed by atoms with Crippen molar-refractivity contribution in [2.24, 2.45) is 0 Å². The van der Waals surface area contributed by atoms with E-state index in [9.17, 15) is 4.79 Å². The molecule has 0 fully saturated rings. The molecule has 0 radical (unpaired) electrons. The second kappa shape index (κ2) is 6.39. The fourth-order valence-corrected chi connectivity index (χ4v) is 1.68. The van der Waals surface area contributed by atoms with Crippen molar-refractivity contribution in [2.45, 2.75) is 39.2 Å². The van der Waals surface area contributed by atoms with Crippen LogP contribution in [0.4, 0.5) is 5.82 Å². The highest BCUT2D eigenvalue weighted by Crippen LogP contribution is 2.14. The van der Waals surface area contributed by atoms with Crippen LogP contribution in [-0.4, -0.2) is 27.1 Å². The maximum absolute atomic E-state index is 11.0. The monoisotopic (exact) mass is 257 g/mol. The molecule has 6 heteroatoms. The van der Waals surface area contributed by atoms with Crippen LogP contribution in [0.2, 0.25) is 5.15 Å². The van der Waals surface area contributed by atoms with Crippen molar-refractivity contribution in [2.75, 3.05) is 5.32 Å². The van der Waals surface area contributed by atoms with Crippen molar-refractivity contribution in [1.29, 1.82) is 0 Å². The van der Waals surface area contributed by atoms with Gasteiger partial charge in [-0.2, -0.15) is 0 Å². The highest BCUT2D eigenvalue weighted by molar-refractivity contribution is 6.29. The highest BCUT2D eigenvalue weighted by atomic mass is 35.5. The Morgan fingerprint density at radius 3 is 2.82 bits per heavy atom. The standard InChI is InChI=1S/C11H16ClN3O2/c1-3-4-5-8(11(16)17)15-10-6-9(12)13-7(2)14-10/h6,8H,3-5H2,1-2H3,(H,16,17)(H,13,14,15)/t8-/m1/s1. The molecule has 0 spiro atoms. The molecule has 0 aromatic carbocycles. The van der Waals surface area contributed by atoms with E-state index in [2.05, 4.69) is 15.3 Å². The number of hydrogen-bond acceptors (Lipinski definition) is 4. The predicted molar refractivity (Wildman–Crippen MR) is 66.4 cm³/mol. The van der Waals surface area contributed by atoms with Gasteiger partial charge in [0, 0.05) is 6.07 Å². The molecule has 0 aliphatic carbocycles. The van der Waals surface area contributed by atoms with Crippen molar-refractivity contribution < 1.29 is 9.90 Å². The summed E-state index contributed by atoms with van der Waals surface area (Å²) in [6.45, 7) is 3.73. The number of carboxylic acids is 1. The third kappa shape index (κ3) is 4.56. The lowest BCUT2D eigenvalue weighted by Crippen LogP contribution is -2.29. The zero-order chi connectivity index (χ0) is 12.8. The van der Waals surface area contributed by atoms with Gasteiger partial charge in [0.2, 0.25) is 0 Å². The van der Waals surface area contributed by atoms with Gasteiger partial charge in [0.05, 0.1) is 0 Å². The number of carboxylic acid groups (broad SMARTS) is 1. The Hall–Kier alpha value is -1.36. The molecule has 5 nitrogen and oxygen atoms in total. The summed E-state index contributed by atoms with van der Waals surface area (Å²) in [6.07, 6.45) is 2.36. The van der Waals surface area contributed by atoms with Crippen LogP contribution in [0.15, 0.2) is 6.07 Å². The van der Waals surface area contributed by atoms with Crippen LogP contribution in [0.25, 0.3) is 0 Å². The molecule has 1 aromatic rings. The molecule has 0 bridgehead atoms. The number of hydrogen-bond donors (Lipinski definition) is 2. The van der Waals surface area contributed by atoms with Crippen LogP contribution in [0, 0.1) is 6.92 Å². The minimum Gasteiger partial charge on any atom is -0.480 e. The Bertz CT molecular complexity index is 378. The van der Waals surface area contributed by atoms with Crippen LogP contribution >= 0.6 is 11.6 Å². The summed E-state index contributed by atoms with van der Waals surface area (Å²) >= 11 is 5.78. The summed E-state index contributed by atoms with van der Waals surface area (Å²) < 4.78 is 0. The third-order valence-electron chi connectivity index (χ3n) is 2.27. The molecule has 1 heterocycles. The third-order valence-corrected chi connectivity index (χ3v) is 2.47. The summed E-state index contributed by atoms with van der Waals surface area (Å²) in [5.74, 6) is 0.0801. The van der Waals surface area contributed by atoms with Crippen LogP contribution in [0.3, 0.4) is 0 Å². The number of nitrogens with one attached hydrogen (secondary N) is 1. The number of nitrogens with zero attached hydrogens (tertiary/aromatic N) is 2. The van der Waals surface area contributed by atoms with Gasteiger partial charge in [0.1, 0.15) is 22.8 Å². The molecule has 0 unspecified atom stereocenters. The first-order valence-corrected chi connectivity index (χ1v) is 5.91. The second-order valence-corrected chi connectivity index (χ2v) is 4.19. The number of aliphatic carboxylic acids is 1. The molecule has 0 amide bonds. The van der Waals surface area contributed by atoms with Crippen molar-refractivity contribution in [3.63, 3.8) is 0 Å². The molecule has 94 valence electrons. The SMILES string of the molecule is CCCC[C@@H](Nc1cc(Cl)nc(C)n1)C(=O)O. The fourth-order valence-electron chi connectivity index (χ4n) is 1.45.